The van der Waals surface area contributed by atoms with E-state index in [1.54, 1.807) is 0 Å². The molecule has 1 heterocycles. The van der Waals surface area contributed by atoms with Crippen LogP contribution < -0.4 is 4.74 Å². The van der Waals surface area contributed by atoms with Crippen LogP contribution in [0.4, 0.5) is 0 Å². The molecule has 72 valence electrons. The van der Waals surface area contributed by atoms with Gasteiger partial charge in [-0.25, -0.2) is 4.98 Å². The van der Waals surface area contributed by atoms with Crippen molar-refractivity contribution in [2.24, 2.45) is 0 Å². The highest BCUT2D eigenvalue weighted by Gasteiger charge is 2.01. The lowest BCUT2D eigenvalue weighted by Gasteiger charge is -2.06. The summed E-state index contributed by atoms with van der Waals surface area (Å²) in [6.07, 6.45) is 2.21. The van der Waals surface area contributed by atoms with E-state index >= 15 is 0 Å². The van der Waals surface area contributed by atoms with Crippen LogP contribution in [0, 0.1) is 0 Å². The van der Waals surface area contributed by atoms with Crippen LogP contribution in [-0.4, -0.2) is 11.6 Å². The first-order chi connectivity index (χ1) is 6.24. The number of rotatable bonds is 4. The van der Waals surface area contributed by atoms with Gasteiger partial charge in [-0.1, -0.05) is 13.3 Å². The lowest BCUT2D eigenvalue weighted by atomic mass is 10.4. The van der Waals surface area contributed by atoms with Crippen molar-refractivity contribution in [2.75, 3.05) is 6.61 Å². The van der Waals surface area contributed by atoms with Crippen LogP contribution in [0.5, 0.6) is 5.75 Å². The van der Waals surface area contributed by atoms with Gasteiger partial charge >= 0.3 is 0 Å². The lowest BCUT2D eigenvalue weighted by Crippen LogP contribution is -1.97. The Morgan fingerprint density at radius 1 is 1.38 bits per heavy atom. The second-order valence-electron chi connectivity index (χ2n) is 2.62. The first-order valence-electron chi connectivity index (χ1n) is 4.19. The average molecular weight is 309 g/mol. The molecule has 1 rings (SSSR count). The summed E-state index contributed by atoms with van der Waals surface area (Å²) in [6, 6.07) is 3.77. The minimum atomic E-state index is 0.748. The molecule has 1 aromatic heterocycles. The van der Waals surface area contributed by atoms with Gasteiger partial charge in [0.25, 0.3) is 0 Å². The Kier molecular flexibility index (Phi) is 4.73. The molecule has 2 nitrogen and oxygen atoms in total. The Labute approximate surface area is 95.0 Å². The van der Waals surface area contributed by atoms with Crippen molar-refractivity contribution < 1.29 is 4.74 Å². The Bertz CT molecular complexity index is 278. The molecule has 0 unspecified atom stereocenters. The van der Waals surface area contributed by atoms with Crippen LogP contribution in [0.3, 0.4) is 0 Å². The fraction of sp³-hybridized carbons (Fsp3) is 0.444. The Morgan fingerprint density at radius 2 is 2.15 bits per heavy atom. The molecule has 0 N–H and O–H groups in total. The minimum absolute atomic E-state index is 0.748. The van der Waals surface area contributed by atoms with Crippen molar-refractivity contribution in [1.29, 1.82) is 0 Å². The summed E-state index contributed by atoms with van der Waals surface area (Å²) in [7, 11) is 0. The van der Waals surface area contributed by atoms with Gasteiger partial charge in [0, 0.05) is 0 Å². The number of hydrogen-bond acceptors (Lipinski definition) is 2. The summed E-state index contributed by atoms with van der Waals surface area (Å²) >= 11 is 6.61. The van der Waals surface area contributed by atoms with Gasteiger partial charge in [0.15, 0.2) is 5.75 Å². The zero-order valence-corrected chi connectivity index (χ0v) is 10.6. The molecular formula is C9H11Br2NO. The molecule has 0 aliphatic carbocycles. The highest BCUT2D eigenvalue weighted by atomic mass is 79.9. The van der Waals surface area contributed by atoms with Gasteiger partial charge in [-0.05, 0) is 50.4 Å². The molecule has 0 aliphatic heterocycles. The van der Waals surface area contributed by atoms with Gasteiger partial charge in [-0.2, -0.15) is 0 Å². The monoisotopic (exact) mass is 307 g/mol. The Balaban J connectivity index is 2.56. The number of nitrogens with zero attached hydrogens (tertiary/aromatic N) is 1. The maximum absolute atomic E-state index is 5.50. The summed E-state index contributed by atoms with van der Waals surface area (Å²) in [6.45, 7) is 2.89. The van der Waals surface area contributed by atoms with Gasteiger partial charge in [-0.3, -0.25) is 0 Å². The molecule has 0 saturated carbocycles. The van der Waals surface area contributed by atoms with Crippen LogP contribution >= 0.6 is 31.9 Å². The standard InChI is InChI=1S/C9H11Br2NO/c1-2-3-6-13-7-4-5-8(10)12-9(7)11/h4-5H,2-3,6H2,1H3. The van der Waals surface area contributed by atoms with E-state index < -0.39 is 0 Å². The van der Waals surface area contributed by atoms with Gasteiger partial charge in [-0.15, -0.1) is 0 Å². The summed E-state index contributed by atoms with van der Waals surface area (Å²) in [5.41, 5.74) is 0. The molecule has 0 atom stereocenters. The third kappa shape index (κ3) is 3.65. The molecule has 0 aliphatic rings. The number of ether oxygens (including phenoxy) is 1. The first-order valence-corrected chi connectivity index (χ1v) is 5.77. The molecule has 0 radical (unpaired) electrons. The van der Waals surface area contributed by atoms with E-state index in [-0.39, 0.29) is 0 Å². The third-order valence-corrected chi connectivity index (χ3v) is 2.55. The second-order valence-corrected chi connectivity index (χ2v) is 4.19. The Morgan fingerprint density at radius 3 is 2.77 bits per heavy atom. The summed E-state index contributed by atoms with van der Waals surface area (Å²) in [5.74, 6) is 0.802. The number of halogens is 2. The maximum Gasteiger partial charge on any atom is 0.152 e. The van der Waals surface area contributed by atoms with Crippen molar-refractivity contribution in [3.63, 3.8) is 0 Å². The van der Waals surface area contributed by atoms with Crippen LogP contribution in [-0.2, 0) is 0 Å². The van der Waals surface area contributed by atoms with Crippen LogP contribution in [0.2, 0.25) is 0 Å². The van der Waals surface area contributed by atoms with Crippen molar-refractivity contribution in [3.8, 4) is 5.75 Å². The average Bonchev–Trinajstić information content (AvgIpc) is 2.09. The zero-order chi connectivity index (χ0) is 9.68. The topological polar surface area (TPSA) is 22.1 Å². The number of hydrogen-bond donors (Lipinski definition) is 0. The number of aromatic nitrogens is 1. The molecule has 0 fully saturated rings. The molecule has 0 bridgehead atoms. The van der Waals surface area contributed by atoms with Crippen molar-refractivity contribution in [1.82, 2.24) is 4.98 Å². The highest BCUT2D eigenvalue weighted by molar-refractivity contribution is 9.11. The smallest absolute Gasteiger partial charge is 0.152 e. The van der Waals surface area contributed by atoms with Crippen LogP contribution in [0.1, 0.15) is 19.8 Å². The van der Waals surface area contributed by atoms with E-state index in [0.29, 0.717) is 0 Å². The van der Waals surface area contributed by atoms with E-state index in [9.17, 15) is 0 Å². The predicted molar refractivity (Wildman–Crippen MR) is 60.0 cm³/mol. The van der Waals surface area contributed by atoms with E-state index in [1.165, 1.54) is 0 Å². The number of unbranched alkanes of at least 4 members (excludes halogenated alkanes) is 1. The third-order valence-electron chi connectivity index (χ3n) is 1.54. The molecule has 0 spiro atoms. The molecule has 0 aromatic carbocycles. The molecule has 4 heteroatoms. The summed E-state index contributed by atoms with van der Waals surface area (Å²) in [4.78, 5) is 4.16. The fourth-order valence-electron chi connectivity index (χ4n) is 0.833. The van der Waals surface area contributed by atoms with Gasteiger partial charge in [0.05, 0.1) is 6.61 Å². The summed E-state index contributed by atoms with van der Waals surface area (Å²) < 4.78 is 7.06. The molecule has 0 amide bonds. The maximum atomic E-state index is 5.50. The van der Waals surface area contributed by atoms with E-state index in [4.69, 9.17) is 4.74 Å². The fourth-order valence-corrected chi connectivity index (χ4v) is 1.82. The van der Waals surface area contributed by atoms with E-state index in [1.807, 2.05) is 12.1 Å². The van der Waals surface area contributed by atoms with Crippen molar-refractivity contribution >= 4 is 31.9 Å². The van der Waals surface area contributed by atoms with Crippen molar-refractivity contribution in [2.45, 2.75) is 19.8 Å². The number of pyridine rings is 1. The minimum Gasteiger partial charge on any atom is -0.491 e. The second kappa shape index (κ2) is 5.60. The molecule has 0 saturated heterocycles. The Hall–Kier alpha value is -0.0900. The molecule has 13 heavy (non-hydrogen) atoms. The molecular weight excluding hydrogens is 298 g/mol. The van der Waals surface area contributed by atoms with Crippen molar-refractivity contribution in [3.05, 3.63) is 21.3 Å². The quantitative estimate of drug-likeness (QED) is 0.624. The lowest BCUT2D eigenvalue weighted by molar-refractivity contribution is 0.306. The van der Waals surface area contributed by atoms with E-state index in [2.05, 4.69) is 43.8 Å². The predicted octanol–water partition coefficient (Wildman–Crippen LogP) is 3.79. The zero-order valence-electron chi connectivity index (χ0n) is 7.39. The van der Waals surface area contributed by atoms with Gasteiger partial charge in [0.2, 0.25) is 0 Å². The normalized spacial score (nSPS) is 10.1. The summed E-state index contributed by atoms with van der Waals surface area (Å²) in [5, 5.41) is 0. The van der Waals surface area contributed by atoms with Crippen LogP contribution in [0.15, 0.2) is 21.3 Å². The van der Waals surface area contributed by atoms with Crippen LogP contribution in [0.25, 0.3) is 0 Å². The molecule has 1 aromatic rings. The van der Waals surface area contributed by atoms with Gasteiger partial charge in [0.1, 0.15) is 9.21 Å². The van der Waals surface area contributed by atoms with E-state index in [0.717, 1.165) is 34.4 Å². The highest BCUT2D eigenvalue weighted by Crippen LogP contribution is 2.24. The first kappa shape index (κ1) is 11.0. The van der Waals surface area contributed by atoms with Gasteiger partial charge < -0.3 is 4.74 Å². The SMILES string of the molecule is CCCCOc1ccc(Br)nc1Br. The largest absolute Gasteiger partial charge is 0.491 e.